The average molecular weight is 434 g/mol. The van der Waals surface area contributed by atoms with Crippen LogP contribution in [0.3, 0.4) is 0 Å². The Bertz CT molecular complexity index is 1710. The van der Waals surface area contributed by atoms with Gasteiger partial charge in [-0.25, -0.2) is 0 Å². The van der Waals surface area contributed by atoms with Crippen molar-refractivity contribution in [2.75, 3.05) is 6.61 Å². The fourth-order valence-electron chi connectivity index (χ4n) is 4.34. The quantitative estimate of drug-likeness (QED) is 0.419. The molecular weight excluding hydrogens is 416 g/mol. The zero-order valence-electron chi connectivity index (χ0n) is 17.5. The number of rotatable bonds is 5. The number of nitrogens with zero attached hydrogens (tertiary/aromatic N) is 3. The van der Waals surface area contributed by atoms with Gasteiger partial charge in [0, 0.05) is 46.7 Å². The number of fused-ring (bicyclic) bond motifs is 5. The highest BCUT2D eigenvalue weighted by atomic mass is 16.5. The fourth-order valence-corrected chi connectivity index (χ4v) is 4.34. The highest BCUT2D eigenvalue weighted by Crippen LogP contribution is 2.34. The number of aromatic nitrogens is 3. The van der Waals surface area contributed by atoms with E-state index >= 15 is 0 Å². The van der Waals surface area contributed by atoms with Crippen molar-refractivity contribution in [2.45, 2.75) is 6.54 Å². The second-order valence-corrected chi connectivity index (χ2v) is 7.84. The lowest BCUT2D eigenvalue weighted by Crippen LogP contribution is -2.28. The van der Waals surface area contributed by atoms with Gasteiger partial charge in [0.15, 0.2) is 6.61 Å². The summed E-state index contributed by atoms with van der Waals surface area (Å²) in [5.74, 6) is 0.340. The summed E-state index contributed by atoms with van der Waals surface area (Å²) in [6.07, 6.45) is 5.13. The molecule has 0 aliphatic carbocycles. The Morgan fingerprint density at radius 2 is 1.73 bits per heavy atom. The van der Waals surface area contributed by atoms with Crippen molar-refractivity contribution in [3.63, 3.8) is 0 Å². The smallest absolute Gasteiger partial charge is 0.263 e. The highest BCUT2D eigenvalue weighted by Gasteiger charge is 2.18. The molecule has 7 heteroatoms. The molecule has 0 saturated carbocycles. The minimum Gasteiger partial charge on any atom is -0.484 e. The molecule has 6 aromatic rings. The lowest BCUT2D eigenvalue weighted by Gasteiger charge is -2.08. The predicted octanol–water partition coefficient (Wildman–Crippen LogP) is 3.68. The molecule has 1 N–H and O–H groups in total. The van der Waals surface area contributed by atoms with Gasteiger partial charge in [-0.05, 0) is 48.0 Å². The van der Waals surface area contributed by atoms with Gasteiger partial charge in [-0.1, -0.05) is 18.2 Å². The number of carbonyl (C=O) groups excluding carboxylic acids is 1. The Morgan fingerprint density at radius 1 is 0.909 bits per heavy atom. The summed E-state index contributed by atoms with van der Waals surface area (Å²) in [4.78, 5) is 34.1. The lowest BCUT2D eigenvalue weighted by molar-refractivity contribution is -0.123. The van der Waals surface area contributed by atoms with E-state index in [9.17, 15) is 9.59 Å². The number of benzene rings is 2. The third-order valence-corrected chi connectivity index (χ3v) is 5.87. The molecule has 0 aliphatic rings. The molecule has 7 nitrogen and oxygen atoms in total. The molecule has 0 saturated heterocycles. The lowest BCUT2D eigenvalue weighted by atomic mass is 10.1. The zero-order valence-corrected chi connectivity index (χ0v) is 17.5. The number of nitrogens with one attached hydrogen (secondary N) is 1. The molecule has 33 heavy (non-hydrogen) atoms. The molecule has 6 rings (SSSR count). The molecule has 2 aromatic carbocycles. The van der Waals surface area contributed by atoms with Crippen molar-refractivity contribution >= 4 is 44.0 Å². The summed E-state index contributed by atoms with van der Waals surface area (Å²) in [6.45, 7) is 0.308. The van der Waals surface area contributed by atoms with Crippen LogP contribution in [-0.4, -0.2) is 26.9 Å². The summed E-state index contributed by atoms with van der Waals surface area (Å²) in [5, 5.41) is 6.10. The van der Waals surface area contributed by atoms with Crippen LogP contribution in [0.15, 0.2) is 84.0 Å². The molecule has 0 spiro atoms. The van der Waals surface area contributed by atoms with Gasteiger partial charge in [-0.15, -0.1) is 0 Å². The van der Waals surface area contributed by atoms with Crippen LogP contribution in [0.25, 0.3) is 38.1 Å². The summed E-state index contributed by atoms with van der Waals surface area (Å²) in [6, 6.07) is 18.6. The van der Waals surface area contributed by atoms with E-state index in [1.165, 1.54) is 0 Å². The van der Waals surface area contributed by atoms with Crippen molar-refractivity contribution < 1.29 is 9.53 Å². The van der Waals surface area contributed by atoms with E-state index in [1.807, 2.05) is 54.6 Å². The maximum atomic E-state index is 13.3. The Labute approximate surface area is 187 Å². The first-order valence-corrected chi connectivity index (χ1v) is 10.6. The summed E-state index contributed by atoms with van der Waals surface area (Å²) >= 11 is 0. The van der Waals surface area contributed by atoms with Gasteiger partial charge in [0.2, 0.25) is 0 Å². The van der Waals surface area contributed by atoms with Crippen LogP contribution in [0.2, 0.25) is 0 Å². The number of hydrogen-bond acceptors (Lipinski definition) is 5. The second kappa shape index (κ2) is 7.56. The number of carbonyl (C=O) groups is 1. The zero-order chi connectivity index (χ0) is 22.4. The number of hydrogen-bond donors (Lipinski definition) is 1. The molecule has 4 heterocycles. The molecule has 0 unspecified atom stereocenters. The van der Waals surface area contributed by atoms with Gasteiger partial charge in [-0.3, -0.25) is 24.0 Å². The van der Waals surface area contributed by atoms with Gasteiger partial charge in [0.25, 0.3) is 11.5 Å². The monoisotopic (exact) mass is 434 g/mol. The van der Waals surface area contributed by atoms with Crippen LogP contribution in [0.4, 0.5) is 0 Å². The first-order chi connectivity index (χ1) is 16.2. The molecular formula is C26H18N4O3. The summed E-state index contributed by atoms with van der Waals surface area (Å²) < 4.78 is 7.48. The van der Waals surface area contributed by atoms with Gasteiger partial charge in [-0.2, -0.15) is 0 Å². The van der Waals surface area contributed by atoms with E-state index < -0.39 is 0 Å². The normalized spacial score (nSPS) is 11.5. The first-order valence-electron chi connectivity index (χ1n) is 10.6. The minimum atomic E-state index is -0.218. The van der Waals surface area contributed by atoms with E-state index in [2.05, 4.69) is 15.3 Å². The van der Waals surface area contributed by atoms with Crippen LogP contribution in [0, 0.1) is 0 Å². The van der Waals surface area contributed by atoms with Crippen LogP contribution in [0.1, 0.15) is 5.56 Å². The van der Waals surface area contributed by atoms with Crippen molar-refractivity contribution in [3.05, 3.63) is 95.2 Å². The number of amides is 1. The Morgan fingerprint density at radius 3 is 2.58 bits per heavy atom. The number of ether oxygens (including phenoxy) is 1. The van der Waals surface area contributed by atoms with Crippen molar-refractivity contribution in [2.24, 2.45) is 0 Å². The highest BCUT2D eigenvalue weighted by molar-refractivity contribution is 6.18. The maximum absolute atomic E-state index is 13.3. The third kappa shape index (κ3) is 3.13. The second-order valence-electron chi connectivity index (χ2n) is 7.84. The van der Waals surface area contributed by atoms with Gasteiger partial charge in [0.1, 0.15) is 5.75 Å². The third-order valence-electron chi connectivity index (χ3n) is 5.87. The minimum absolute atomic E-state index is 0.0738. The Hall–Kier alpha value is -4.52. The van der Waals surface area contributed by atoms with Gasteiger partial charge < -0.3 is 10.1 Å². The van der Waals surface area contributed by atoms with Crippen LogP contribution < -0.4 is 15.6 Å². The molecule has 0 fully saturated rings. The molecule has 0 radical (unpaired) electrons. The first kappa shape index (κ1) is 19.2. The molecule has 160 valence electrons. The average Bonchev–Trinajstić information content (AvgIpc) is 3.20. The molecule has 1 amide bonds. The SMILES string of the molecule is O=C(COc1ccc2c(c1)c1ccnc3c4ccccc4c(=O)n2c13)NCc1ccncc1. The van der Waals surface area contributed by atoms with Crippen LogP contribution in [0.5, 0.6) is 5.75 Å². The standard InChI is InChI=1S/C26H18N4O3/c31-23(29-14-16-7-10-27-11-8-16)15-33-17-5-6-22-21(13-17)19-9-12-28-24-18-3-1-2-4-20(18)26(32)30(22)25(19)24/h1-13H,14-15H2,(H,29,31). The molecule has 0 bridgehead atoms. The fraction of sp³-hybridized carbons (Fsp3) is 0.0769. The summed E-state index contributed by atoms with van der Waals surface area (Å²) in [5.41, 5.74) is 3.26. The maximum Gasteiger partial charge on any atom is 0.263 e. The summed E-state index contributed by atoms with van der Waals surface area (Å²) in [7, 11) is 0. The van der Waals surface area contributed by atoms with E-state index in [0.717, 1.165) is 38.3 Å². The van der Waals surface area contributed by atoms with E-state index in [0.29, 0.717) is 17.7 Å². The van der Waals surface area contributed by atoms with Gasteiger partial charge >= 0.3 is 0 Å². The van der Waals surface area contributed by atoms with Crippen LogP contribution in [-0.2, 0) is 11.3 Å². The van der Waals surface area contributed by atoms with Crippen molar-refractivity contribution in [1.82, 2.24) is 19.7 Å². The number of pyridine rings is 3. The topological polar surface area (TPSA) is 85.6 Å². The molecule has 4 aromatic heterocycles. The van der Waals surface area contributed by atoms with E-state index in [1.54, 1.807) is 29.1 Å². The largest absolute Gasteiger partial charge is 0.484 e. The van der Waals surface area contributed by atoms with E-state index in [-0.39, 0.29) is 18.1 Å². The van der Waals surface area contributed by atoms with Crippen LogP contribution >= 0.6 is 0 Å². The van der Waals surface area contributed by atoms with Crippen molar-refractivity contribution in [1.29, 1.82) is 0 Å². The molecule has 0 atom stereocenters. The Kier molecular flexibility index (Phi) is 4.40. The predicted molar refractivity (Wildman–Crippen MR) is 127 cm³/mol. The molecule has 0 aliphatic heterocycles. The van der Waals surface area contributed by atoms with E-state index in [4.69, 9.17) is 4.74 Å². The Balaban J connectivity index is 1.36. The van der Waals surface area contributed by atoms with Gasteiger partial charge in [0.05, 0.1) is 16.6 Å². The van der Waals surface area contributed by atoms with Crippen molar-refractivity contribution in [3.8, 4) is 5.75 Å².